The molecule has 0 aliphatic carbocycles. The molecule has 0 radical (unpaired) electrons. The number of Topliss-reactive ketones (excluding diaryl/α,β-unsaturated/α-hetero) is 1. The maximum absolute atomic E-state index is 12.7. The molecule has 1 heterocycles. The molecule has 0 atom stereocenters. The van der Waals surface area contributed by atoms with Gasteiger partial charge in [-0.25, -0.2) is 13.2 Å². The predicted octanol–water partition coefficient (Wildman–Crippen LogP) is 4.46. The molecule has 0 aromatic heterocycles. The minimum Gasteiger partial charge on any atom is -0.454 e. The second-order valence-electron chi connectivity index (χ2n) is 8.58. The standard InChI is InChI=1S/C23H26ClNO5S/c1-23(2,3)17-8-6-16(7-9-17)21(26)15-30-22(27)19-14-18(10-11-20(19)24)31(28,29)25-12-4-5-13-25/h6-11,14H,4-5,12-13,15H2,1-3H3. The molecule has 1 fully saturated rings. The number of esters is 1. The molecule has 0 spiro atoms. The lowest BCUT2D eigenvalue weighted by atomic mass is 9.86. The van der Waals surface area contributed by atoms with Gasteiger partial charge in [0.25, 0.3) is 0 Å². The van der Waals surface area contributed by atoms with Crippen molar-refractivity contribution < 1.29 is 22.7 Å². The van der Waals surface area contributed by atoms with Crippen LogP contribution in [0.5, 0.6) is 0 Å². The molecule has 1 aliphatic rings. The molecule has 3 rings (SSSR count). The number of halogens is 1. The highest BCUT2D eigenvalue weighted by Gasteiger charge is 2.28. The van der Waals surface area contributed by atoms with Gasteiger partial charge in [-0.1, -0.05) is 56.6 Å². The Hall–Kier alpha value is -2.22. The number of rotatable bonds is 6. The summed E-state index contributed by atoms with van der Waals surface area (Å²) in [6.07, 6.45) is 1.61. The van der Waals surface area contributed by atoms with E-state index in [1.54, 1.807) is 12.1 Å². The summed E-state index contributed by atoms with van der Waals surface area (Å²) in [5.74, 6) is -1.20. The Labute approximate surface area is 188 Å². The van der Waals surface area contributed by atoms with Crippen molar-refractivity contribution in [3.8, 4) is 0 Å². The lowest BCUT2D eigenvalue weighted by Gasteiger charge is -2.19. The lowest BCUT2D eigenvalue weighted by molar-refractivity contribution is 0.0474. The Morgan fingerprint density at radius 1 is 1.03 bits per heavy atom. The third-order valence-corrected chi connectivity index (χ3v) is 7.49. The molecule has 0 N–H and O–H groups in total. The Kier molecular flexibility index (Phi) is 6.88. The van der Waals surface area contributed by atoms with Gasteiger partial charge in [-0.15, -0.1) is 0 Å². The van der Waals surface area contributed by atoms with Crippen molar-refractivity contribution in [2.75, 3.05) is 19.7 Å². The normalized spacial score (nSPS) is 15.1. The van der Waals surface area contributed by atoms with E-state index in [2.05, 4.69) is 20.8 Å². The zero-order valence-electron chi connectivity index (χ0n) is 17.9. The zero-order valence-corrected chi connectivity index (χ0v) is 19.4. The van der Waals surface area contributed by atoms with Crippen LogP contribution in [0.2, 0.25) is 5.02 Å². The maximum Gasteiger partial charge on any atom is 0.340 e. The smallest absolute Gasteiger partial charge is 0.340 e. The van der Waals surface area contributed by atoms with Crippen LogP contribution in [0.25, 0.3) is 0 Å². The van der Waals surface area contributed by atoms with Gasteiger partial charge in [0.1, 0.15) is 0 Å². The van der Waals surface area contributed by atoms with Crippen LogP contribution in [-0.2, 0) is 20.2 Å². The molecule has 166 valence electrons. The van der Waals surface area contributed by atoms with Crippen LogP contribution >= 0.6 is 11.6 Å². The van der Waals surface area contributed by atoms with E-state index in [1.807, 2.05) is 12.1 Å². The van der Waals surface area contributed by atoms with Gasteiger partial charge in [0.2, 0.25) is 10.0 Å². The lowest BCUT2D eigenvalue weighted by Crippen LogP contribution is -2.28. The molecule has 1 aliphatic heterocycles. The molecule has 2 aromatic carbocycles. The van der Waals surface area contributed by atoms with Crippen molar-refractivity contribution in [2.24, 2.45) is 0 Å². The Morgan fingerprint density at radius 3 is 2.23 bits per heavy atom. The van der Waals surface area contributed by atoms with Gasteiger partial charge in [0.05, 0.1) is 15.5 Å². The highest BCUT2D eigenvalue weighted by atomic mass is 35.5. The number of hydrogen-bond donors (Lipinski definition) is 0. The number of carbonyl (C=O) groups is 2. The van der Waals surface area contributed by atoms with Crippen LogP contribution in [0.4, 0.5) is 0 Å². The topological polar surface area (TPSA) is 80.8 Å². The number of ketones is 1. The first-order chi connectivity index (χ1) is 14.5. The molecular formula is C23H26ClNO5S. The zero-order chi connectivity index (χ0) is 22.8. The highest BCUT2D eigenvalue weighted by Crippen LogP contribution is 2.26. The van der Waals surface area contributed by atoms with E-state index in [-0.39, 0.29) is 26.7 Å². The van der Waals surface area contributed by atoms with Crippen molar-refractivity contribution in [3.05, 3.63) is 64.2 Å². The fourth-order valence-corrected chi connectivity index (χ4v) is 5.09. The van der Waals surface area contributed by atoms with Gasteiger partial charge in [0.15, 0.2) is 12.4 Å². The number of sulfonamides is 1. The monoisotopic (exact) mass is 463 g/mol. The molecule has 8 heteroatoms. The van der Waals surface area contributed by atoms with Crippen molar-refractivity contribution >= 4 is 33.4 Å². The average molecular weight is 464 g/mol. The van der Waals surface area contributed by atoms with Crippen molar-refractivity contribution in [1.29, 1.82) is 0 Å². The fourth-order valence-electron chi connectivity index (χ4n) is 3.35. The predicted molar refractivity (Wildman–Crippen MR) is 119 cm³/mol. The third kappa shape index (κ3) is 5.34. The first kappa shape index (κ1) is 23.4. The minimum absolute atomic E-state index is 0.0187. The minimum atomic E-state index is -3.70. The summed E-state index contributed by atoms with van der Waals surface area (Å²) < 4.78 is 32.0. The highest BCUT2D eigenvalue weighted by molar-refractivity contribution is 7.89. The van der Waals surface area contributed by atoms with Crippen LogP contribution in [0.1, 0.15) is 59.9 Å². The van der Waals surface area contributed by atoms with E-state index in [0.29, 0.717) is 18.7 Å². The van der Waals surface area contributed by atoms with Crippen LogP contribution in [-0.4, -0.2) is 44.2 Å². The van der Waals surface area contributed by atoms with Gasteiger partial charge in [-0.2, -0.15) is 4.31 Å². The molecule has 31 heavy (non-hydrogen) atoms. The summed E-state index contributed by atoms with van der Waals surface area (Å²) >= 11 is 6.10. The molecule has 6 nitrogen and oxygen atoms in total. The number of carbonyl (C=O) groups excluding carboxylic acids is 2. The van der Waals surface area contributed by atoms with Crippen molar-refractivity contribution in [3.63, 3.8) is 0 Å². The molecule has 1 saturated heterocycles. The van der Waals surface area contributed by atoms with E-state index < -0.39 is 22.6 Å². The van der Waals surface area contributed by atoms with Crippen molar-refractivity contribution in [1.82, 2.24) is 4.31 Å². The fraction of sp³-hybridized carbons (Fsp3) is 0.391. The Morgan fingerprint density at radius 2 is 1.65 bits per heavy atom. The summed E-state index contributed by atoms with van der Waals surface area (Å²) in [6, 6.07) is 11.1. The van der Waals surface area contributed by atoms with E-state index in [1.165, 1.54) is 22.5 Å². The number of ether oxygens (including phenoxy) is 1. The average Bonchev–Trinajstić information content (AvgIpc) is 3.27. The number of nitrogens with zero attached hydrogens (tertiary/aromatic N) is 1. The quantitative estimate of drug-likeness (QED) is 0.466. The summed E-state index contributed by atoms with van der Waals surface area (Å²) in [4.78, 5) is 24.9. The Balaban J connectivity index is 1.71. The van der Waals surface area contributed by atoms with Crippen LogP contribution < -0.4 is 0 Å². The van der Waals surface area contributed by atoms with Gasteiger partial charge in [-0.05, 0) is 42.0 Å². The van der Waals surface area contributed by atoms with Gasteiger partial charge < -0.3 is 4.74 Å². The second kappa shape index (κ2) is 9.10. The first-order valence-electron chi connectivity index (χ1n) is 10.1. The van der Waals surface area contributed by atoms with Crippen molar-refractivity contribution in [2.45, 2.75) is 43.9 Å². The molecule has 0 amide bonds. The van der Waals surface area contributed by atoms with E-state index in [0.717, 1.165) is 18.4 Å². The van der Waals surface area contributed by atoms with Gasteiger partial charge in [-0.3, -0.25) is 4.79 Å². The molecule has 0 bridgehead atoms. The maximum atomic E-state index is 12.7. The van der Waals surface area contributed by atoms with Gasteiger partial charge >= 0.3 is 5.97 Å². The molecule has 2 aromatic rings. The van der Waals surface area contributed by atoms with Crippen LogP contribution in [0, 0.1) is 0 Å². The Bertz CT molecular complexity index is 1080. The third-order valence-electron chi connectivity index (χ3n) is 5.27. The van der Waals surface area contributed by atoms with E-state index in [9.17, 15) is 18.0 Å². The molecular weight excluding hydrogens is 438 g/mol. The molecule has 0 unspecified atom stereocenters. The first-order valence-corrected chi connectivity index (χ1v) is 11.9. The largest absolute Gasteiger partial charge is 0.454 e. The summed E-state index contributed by atoms with van der Waals surface area (Å²) in [5, 5.41) is 0.0624. The van der Waals surface area contributed by atoms with Gasteiger partial charge in [0, 0.05) is 18.7 Å². The SMILES string of the molecule is CC(C)(C)c1ccc(C(=O)COC(=O)c2cc(S(=O)(=O)N3CCCC3)ccc2Cl)cc1. The summed E-state index contributed by atoms with van der Waals surface area (Å²) in [7, 11) is -3.70. The summed E-state index contributed by atoms with van der Waals surface area (Å²) in [6.45, 7) is 6.67. The second-order valence-corrected chi connectivity index (χ2v) is 10.9. The molecule has 0 saturated carbocycles. The number of hydrogen-bond acceptors (Lipinski definition) is 5. The van der Waals surface area contributed by atoms with Crippen LogP contribution in [0.15, 0.2) is 47.4 Å². The van der Waals surface area contributed by atoms with Crippen LogP contribution in [0.3, 0.4) is 0 Å². The number of benzene rings is 2. The van der Waals surface area contributed by atoms with E-state index >= 15 is 0 Å². The summed E-state index contributed by atoms with van der Waals surface area (Å²) in [5.41, 5.74) is 1.39. The van der Waals surface area contributed by atoms with E-state index in [4.69, 9.17) is 16.3 Å².